The van der Waals surface area contributed by atoms with Gasteiger partial charge in [-0.15, -0.1) is 0 Å². The minimum Gasteiger partial charge on any atom is -0.422 e. The number of fused-ring (bicyclic) bond motifs is 1. The number of hydrogen-bond acceptors (Lipinski definition) is 4. The van der Waals surface area contributed by atoms with Crippen LogP contribution in [0.3, 0.4) is 0 Å². The van der Waals surface area contributed by atoms with Gasteiger partial charge in [0.2, 0.25) is 4.88 Å². The fraction of sp³-hybridized carbons (Fsp3) is 0.100. The summed E-state index contributed by atoms with van der Waals surface area (Å²) in [5.74, 6) is 0. The molecule has 15 heavy (non-hydrogen) atoms. The molecule has 3 heterocycles. The fourth-order valence-corrected chi connectivity index (χ4v) is 3.52. The Balaban J connectivity index is 2.18. The molecule has 0 fully saturated rings. The van der Waals surface area contributed by atoms with Crippen molar-refractivity contribution in [3.63, 3.8) is 0 Å². The summed E-state index contributed by atoms with van der Waals surface area (Å²) in [6.07, 6.45) is 3.37. The molecule has 76 valence electrons. The summed E-state index contributed by atoms with van der Waals surface area (Å²) in [4.78, 5) is 5.41. The number of nitrogens with two attached hydrogens (primary N) is 1. The molecule has 1 aliphatic rings. The maximum absolute atomic E-state index is 5.93. The fourth-order valence-electron chi connectivity index (χ4n) is 1.65. The number of nitrogens with one attached hydrogen (secondary N) is 1. The lowest BCUT2D eigenvalue weighted by Crippen LogP contribution is -2.04. The van der Waals surface area contributed by atoms with Crippen molar-refractivity contribution < 1.29 is 4.42 Å². The predicted octanol–water partition coefficient (Wildman–Crippen LogP) is 2.55. The summed E-state index contributed by atoms with van der Waals surface area (Å²) < 4.78 is 5.41. The lowest BCUT2D eigenvalue weighted by atomic mass is 10.3. The molecule has 1 atom stereocenters. The van der Waals surface area contributed by atoms with Gasteiger partial charge in [0.05, 0.1) is 23.1 Å². The maximum Gasteiger partial charge on any atom is 0.339 e. The summed E-state index contributed by atoms with van der Waals surface area (Å²) in [5.41, 5.74) is 7.72. The molecular weight excluding hydrogens is 210 g/mol. The van der Waals surface area contributed by atoms with Crippen molar-refractivity contribution in [3.05, 3.63) is 28.7 Å². The molecular formula is C10H10N3OS+. The van der Waals surface area contributed by atoms with Crippen LogP contribution in [0.25, 0.3) is 5.09 Å². The molecule has 4 nitrogen and oxygen atoms in total. The van der Waals surface area contributed by atoms with Crippen LogP contribution in [-0.2, 0) is 6.54 Å². The molecule has 0 amide bonds. The molecule has 3 rings (SSSR count). The van der Waals surface area contributed by atoms with Crippen molar-refractivity contribution in [3.8, 4) is 5.09 Å². The quantitative estimate of drug-likeness (QED) is 0.726. The summed E-state index contributed by atoms with van der Waals surface area (Å²) in [6.45, 7) is 0.698. The van der Waals surface area contributed by atoms with Gasteiger partial charge in [0.1, 0.15) is 17.9 Å². The summed E-state index contributed by atoms with van der Waals surface area (Å²) in [6, 6.07) is 3.87. The van der Waals surface area contributed by atoms with Crippen molar-refractivity contribution in [2.45, 2.75) is 6.54 Å². The normalized spacial score (nSPS) is 14.8. The topological polar surface area (TPSA) is 63.5 Å². The Hall–Kier alpha value is -1.75. The number of nitrogens with zero attached hydrogens (tertiary/aromatic N) is 1. The molecule has 0 saturated carbocycles. The van der Waals surface area contributed by atoms with Crippen LogP contribution in [0.1, 0.15) is 4.88 Å². The lowest BCUT2D eigenvalue weighted by molar-refractivity contribution is 0.594. The van der Waals surface area contributed by atoms with Gasteiger partial charge >= 0.3 is 5.09 Å². The van der Waals surface area contributed by atoms with Crippen LogP contribution in [0.15, 0.2) is 33.2 Å². The monoisotopic (exact) mass is 220 g/mol. The zero-order chi connectivity index (χ0) is 10.3. The van der Waals surface area contributed by atoms with E-state index in [1.807, 2.05) is 17.5 Å². The number of aliphatic imine (C=N–C) groups is 1. The van der Waals surface area contributed by atoms with E-state index >= 15 is 0 Å². The van der Waals surface area contributed by atoms with E-state index in [2.05, 4.69) is 10.3 Å². The van der Waals surface area contributed by atoms with Gasteiger partial charge in [-0.3, -0.25) is 4.99 Å². The number of rotatable bonds is 1. The van der Waals surface area contributed by atoms with Gasteiger partial charge in [-0.25, -0.2) is 0 Å². The second kappa shape index (κ2) is 3.13. The van der Waals surface area contributed by atoms with Crippen LogP contribution >= 0.6 is 10.5 Å². The van der Waals surface area contributed by atoms with E-state index in [4.69, 9.17) is 10.2 Å². The first kappa shape index (κ1) is 8.55. The molecule has 0 aliphatic carbocycles. The van der Waals surface area contributed by atoms with E-state index in [1.54, 1.807) is 12.6 Å². The molecule has 0 saturated heterocycles. The Labute approximate surface area is 89.4 Å². The van der Waals surface area contributed by atoms with Gasteiger partial charge in [-0.05, 0) is 6.07 Å². The van der Waals surface area contributed by atoms with Gasteiger partial charge in [0.15, 0.2) is 5.38 Å². The van der Waals surface area contributed by atoms with Gasteiger partial charge in [0.25, 0.3) is 0 Å². The highest BCUT2D eigenvalue weighted by Crippen LogP contribution is 2.45. The van der Waals surface area contributed by atoms with E-state index in [1.165, 1.54) is 4.88 Å². The van der Waals surface area contributed by atoms with Crippen LogP contribution in [0.4, 0.5) is 11.4 Å². The van der Waals surface area contributed by atoms with Gasteiger partial charge < -0.3 is 15.5 Å². The zero-order valence-corrected chi connectivity index (χ0v) is 8.75. The Morgan fingerprint density at radius 3 is 3.27 bits per heavy atom. The smallest absolute Gasteiger partial charge is 0.339 e. The highest BCUT2D eigenvalue weighted by Gasteiger charge is 2.28. The average Bonchev–Trinajstić information content (AvgIpc) is 2.87. The van der Waals surface area contributed by atoms with Gasteiger partial charge in [-0.1, -0.05) is 0 Å². The predicted molar refractivity (Wildman–Crippen MR) is 62.8 cm³/mol. The Kier molecular flexibility index (Phi) is 1.78. The molecule has 2 aromatic heterocycles. The summed E-state index contributed by atoms with van der Waals surface area (Å²) in [7, 11) is -0.156. The highest BCUT2D eigenvalue weighted by molar-refractivity contribution is 7.38. The standard InChI is InChI=1S/C10H10N3OS/c11-7-5-15(9-2-1-3-14-9)8-4-12-6-13-10(7)8/h1-3,5-6H,4,11H2,(H,12,13)/q+1. The molecule has 0 aromatic carbocycles. The van der Waals surface area contributed by atoms with Crippen molar-refractivity contribution in [1.82, 2.24) is 0 Å². The Bertz CT molecular complexity index is 513. The van der Waals surface area contributed by atoms with Crippen LogP contribution in [0.2, 0.25) is 0 Å². The molecule has 1 unspecified atom stereocenters. The third-order valence-corrected chi connectivity index (χ3v) is 4.34. The third-order valence-electron chi connectivity index (χ3n) is 2.32. The third kappa shape index (κ3) is 1.24. The lowest BCUT2D eigenvalue weighted by Gasteiger charge is -2.03. The summed E-state index contributed by atoms with van der Waals surface area (Å²) >= 11 is 0. The van der Waals surface area contributed by atoms with Crippen molar-refractivity contribution in [1.29, 1.82) is 0 Å². The first-order chi connectivity index (χ1) is 7.36. The number of anilines is 2. The van der Waals surface area contributed by atoms with E-state index in [-0.39, 0.29) is 10.5 Å². The molecule has 5 heteroatoms. The van der Waals surface area contributed by atoms with Crippen LogP contribution in [0, 0.1) is 0 Å². The van der Waals surface area contributed by atoms with Crippen LogP contribution in [0.5, 0.6) is 0 Å². The number of thiophene rings is 1. The van der Waals surface area contributed by atoms with E-state index in [0.29, 0.717) is 6.54 Å². The SMILES string of the molecule is Nc1c[s+](-c2ccco2)c2c1NC=NC2. The second-order valence-electron chi connectivity index (χ2n) is 3.26. The highest BCUT2D eigenvalue weighted by atomic mass is 32.2. The second-order valence-corrected chi connectivity index (χ2v) is 5.06. The van der Waals surface area contributed by atoms with E-state index in [9.17, 15) is 0 Å². The molecule has 2 aromatic rings. The number of hydrogen-bond donors (Lipinski definition) is 2. The van der Waals surface area contributed by atoms with Gasteiger partial charge in [-0.2, -0.15) is 0 Å². The number of nitrogen functional groups attached to an aromatic ring is 1. The Morgan fingerprint density at radius 2 is 2.47 bits per heavy atom. The van der Waals surface area contributed by atoms with Crippen LogP contribution < -0.4 is 11.1 Å². The van der Waals surface area contributed by atoms with Crippen molar-refractivity contribution >= 4 is 28.2 Å². The minimum atomic E-state index is -0.156. The first-order valence-electron chi connectivity index (χ1n) is 4.58. The maximum atomic E-state index is 5.93. The number of furan rings is 1. The van der Waals surface area contributed by atoms with E-state index in [0.717, 1.165) is 16.5 Å². The molecule has 0 bridgehead atoms. The minimum absolute atomic E-state index is 0.156. The van der Waals surface area contributed by atoms with E-state index < -0.39 is 0 Å². The van der Waals surface area contributed by atoms with Crippen molar-refractivity contribution in [2.75, 3.05) is 11.1 Å². The molecule has 1 aliphatic heterocycles. The molecule has 0 spiro atoms. The average molecular weight is 220 g/mol. The largest absolute Gasteiger partial charge is 0.422 e. The zero-order valence-electron chi connectivity index (χ0n) is 7.93. The Morgan fingerprint density at radius 1 is 1.53 bits per heavy atom. The van der Waals surface area contributed by atoms with Crippen LogP contribution in [-0.4, -0.2) is 6.34 Å². The summed E-state index contributed by atoms with van der Waals surface area (Å²) in [5, 5.41) is 6.06. The molecule has 0 radical (unpaired) electrons. The first-order valence-corrected chi connectivity index (χ1v) is 5.87. The van der Waals surface area contributed by atoms with Crippen molar-refractivity contribution in [2.24, 2.45) is 4.99 Å². The molecule has 3 N–H and O–H groups in total. The van der Waals surface area contributed by atoms with Gasteiger partial charge in [0, 0.05) is 6.07 Å².